The number of ether oxygens (including phenoxy) is 2. The Labute approximate surface area is 173 Å². The van der Waals surface area contributed by atoms with Crippen LogP contribution in [0.1, 0.15) is 40.5 Å². The van der Waals surface area contributed by atoms with Gasteiger partial charge in [0.05, 0.1) is 37.6 Å². The maximum atomic E-state index is 10.00. The zero-order valence-corrected chi connectivity index (χ0v) is 18.7. The van der Waals surface area contributed by atoms with E-state index in [0.29, 0.717) is 0 Å². The molecule has 4 unspecified atom stereocenters. The number of thiocarbonyl (C=S) groups is 1. The Morgan fingerprint density at radius 1 is 1.00 bits per heavy atom. The van der Waals surface area contributed by atoms with Gasteiger partial charge in [-0.3, -0.25) is 0 Å². The summed E-state index contributed by atoms with van der Waals surface area (Å²) in [4.78, 5) is 1.61. The maximum absolute atomic E-state index is 10.00. The Morgan fingerprint density at radius 3 is 1.61 bits per heavy atom. The molecular weight excluding hydrogens is 345 g/mol. The minimum Gasteiger partial charge on any atom is -0.411 e. The monoisotopic (exact) mass is 375 g/mol. The van der Waals surface area contributed by atoms with E-state index >= 15 is 0 Å². The summed E-state index contributed by atoms with van der Waals surface area (Å²) in [6.45, 7) is 8.91. The molecule has 5 nitrogen and oxygen atoms in total. The van der Waals surface area contributed by atoms with Crippen LogP contribution in [0.3, 0.4) is 0 Å². The van der Waals surface area contributed by atoms with E-state index < -0.39 is 12.2 Å². The first-order valence-electron chi connectivity index (χ1n) is 7.85. The van der Waals surface area contributed by atoms with E-state index in [2.05, 4.69) is 0 Å². The van der Waals surface area contributed by atoms with Gasteiger partial charge in [0.25, 0.3) is 0 Å². The summed E-state index contributed by atoms with van der Waals surface area (Å²) in [5, 5.41) is 20.0. The molecule has 2 N–H and O–H groups in total. The first-order chi connectivity index (χ1) is 10.3. The second kappa shape index (κ2) is 15.2. The average molecular weight is 376 g/mol. The molecule has 8 heteroatoms. The average Bonchev–Trinajstić information content (AvgIpc) is 2.49. The summed E-state index contributed by atoms with van der Waals surface area (Å²) < 4.78 is 11.2. The third-order valence-electron chi connectivity index (χ3n) is 3.42. The van der Waals surface area contributed by atoms with Crippen molar-refractivity contribution >= 4 is 29.2 Å². The van der Waals surface area contributed by atoms with Crippen molar-refractivity contribution in [1.82, 2.24) is 4.90 Å². The molecule has 0 heterocycles. The molecule has 0 rings (SSSR count). The molecule has 0 saturated heterocycles. The van der Waals surface area contributed by atoms with Crippen LogP contribution in [0, 0.1) is 0 Å². The zero-order valence-electron chi connectivity index (χ0n) is 15.0. The summed E-state index contributed by atoms with van der Waals surface area (Å²) in [7, 11) is 0. The maximum Gasteiger partial charge on any atom is 1.00 e. The minimum atomic E-state index is -0.697. The van der Waals surface area contributed by atoms with E-state index in [1.807, 2.05) is 27.7 Å². The molecule has 0 radical (unpaired) electrons. The van der Waals surface area contributed by atoms with Gasteiger partial charge >= 0.3 is 29.6 Å². The molecule has 0 amide bonds. The number of nitrogens with zero attached hydrogens (tertiary/aromatic N) is 1. The van der Waals surface area contributed by atoms with Gasteiger partial charge in [0.1, 0.15) is 0 Å². The molecule has 0 bridgehead atoms. The van der Waals surface area contributed by atoms with Crippen molar-refractivity contribution in [3.05, 3.63) is 0 Å². The predicted octanol–water partition coefficient (Wildman–Crippen LogP) is -1.52. The Balaban J connectivity index is 0. The van der Waals surface area contributed by atoms with Gasteiger partial charge < -0.3 is 49.4 Å². The Kier molecular flexibility index (Phi) is 17.3. The summed E-state index contributed by atoms with van der Waals surface area (Å²) in [5.74, 6) is 0. The second-order valence-electron chi connectivity index (χ2n) is 5.58. The molecule has 0 aromatic carbocycles. The number of hydrogen-bond donors (Lipinski definition) is 2. The van der Waals surface area contributed by atoms with Crippen molar-refractivity contribution in [3.63, 3.8) is 0 Å². The molecular formula is C15H30NNaO4S2. The van der Waals surface area contributed by atoms with E-state index in [1.165, 1.54) is 0 Å². The first-order valence-corrected chi connectivity index (χ1v) is 8.66. The topological polar surface area (TPSA) is 62.2 Å². The molecule has 23 heavy (non-hydrogen) atoms. The van der Waals surface area contributed by atoms with E-state index in [-0.39, 0.29) is 72.4 Å². The van der Waals surface area contributed by atoms with Crippen LogP contribution in [0.15, 0.2) is 0 Å². The molecule has 0 spiro atoms. The molecule has 132 valence electrons. The fraction of sp³-hybridized carbons (Fsp3) is 0.933. The number of hydrogen-bond acceptors (Lipinski definition) is 6. The van der Waals surface area contributed by atoms with Crippen LogP contribution in [0.4, 0.5) is 0 Å². The van der Waals surface area contributed by atoms with Crippen LogP contribution < -0.4 is 29.6 Å². The quantitative estimate of drug-likeness (QED) is 0.244. The standard InChI is InChI=1S/C15H31NO4S2.Na/c1-5-11(3)19-9-13(17)7-16(15(21)22)8-14(18)10-20-12(4)6-2;/h11-14,17-18H,5-10H2,1-4H3,(H,21,22);/q;+1/p-1. The Morgan fingerprint density at radius 2 is 1.35 bits per heavy atom. The zero-order chi connectivity index (χ0) is 17.1. The van der Waals surface area contributed by atoms with E-state index in [4.69, 9.17) is 34.3 Å². The van der Waals surface area contributed by atoms with Crippen LogP contribution in [0.25, 0.3) is 0 Å². The van der Waals surface area contributed by atoms with Gasteiger partial charge in [-0.1, -0.05) is 18.2 Å². The van der Waals surface area contributed by atoms with Crippen molar-refractivity contribution in [2.45, 2.75) is 65.0 Å². The summed E-state index contributed by atoms with van der Waals surface area (Å²) in [6, 6.07) is 0. The van der Waals surface area contributed by atoms with Crippen LogP contribution in [0.2, 0.25) is 0 Å². The van der Waals surface area contributed by atoms with Crippen molar-refractivity contribution in [2.75, 3.05) is 26.3 Å². The molecule has 0 aliphatic heterocycles. The van der Waals surface area contributed by atoms with Crippen molar-refractivity contribution in [3.8, 4) is 0 Å². The fourth-order valence-electron chi connectivity index (χ4n) is 1.62. The van der Waals surface area contributed by atoms with Gasteiger partial charge in [-0.2, -0.15) is 0 Å². The van der Waals surface area contributed by atoms with Gasteiger partial charge in [0.15, 0.2) is 0 Å². The second-order valence-corrected chi connectivity index (χ2v) is 6.61. The minimum absolute atomic E-state index is 0. The normalized spacial score (nSPS) is 16.1. The number of rotatable bonds is 12. The fourth-order valence-corrected chi connectivity index (χ4v) is 1.92. The van der Waals surface area contributed by atoms with Crippen molar-refractivity contribution in [2.24, 2.45) is 0 Å². The van der Waals surface area contributed by atoms with Crippen molar-refractivity contribution in [1.29, 1.82) is 0 Å². The molecule has 0 aliphatic rings. The smallest absolute Gasteiger partial charge is 0.411 e. The third-order valence-corrected chi connectivity index (χ3v) is 3.93. The first kappa shape index (κ1) is 26.2. The molecule has 0 aliphatic carbocycles. The van der Waals surface area contributed by atoms with Gasteiger partial charge in [-0.15, -0.1) is 0 Å². The number of aliphatic hydroxyl groups excluding tert-OH is 2. The summed E-state index contributed by atoms with van der Waals surface area (Å²) in [5.41, 5.74) is 0. The summed E-state index contributed by atoms with van der Waals surface area (Å²) in [6.07, 6.45) is 0.597. The Bertz CT molecular complexity index is 291. The van der Waals surface area contributed by atoms with Crippen LogP contribution >= 0.6 is 12.2 Å². The van der Waals surface area contributed by atoms with E-state index in [9.17, 15) is 10.2 Å². The van der Waals surface area contributed by atoms with Gasteiger partial charge in [0.2, 0.25) is 0 Å². The summed E-state index contributed by atoms with van der Waals surface area (Å²) >= 11 is 10.0. The van der Waals surface area contributed by atoms with Gasteiger partial charge in [-0.25, -0.2) is 0 Å². The third kappa shape index (κ3) is 13.9. The van der Waals surface area contributed by atoms with E-state index in [1.54, 1.807) is 4.90 Å². The largest absolute Gasteiger partial charge is 1.00 e. The van der Waals surface area contributed by atoms with Crippen LogP contribution in [-0.4, -0.2) is 70.2 Å². The number of aliphatic hydroxyl groups is 2. The molecule has 4 atom stereocenters. The Hall–Kier alpha value is 0.950. The molecule has 0 aromatic heterocycles. The van der Waals surface area contributed by atoms with Crippen molar-refractivity contribution < 1.29 is 49.2 Å². The molecule has 0 saturated carbocycles. The van der Waals surface area contributed by atoms with Crippen LogP contribution in [-0.2, 0) is 22.1 Å². The molecule has 0 aromatic rings. The van der Waals surface area contributed by atoms with E-state index in [0.717, 1.165) is 12.8 Å². The molecule has 0 fully saturated rings. The van der Waals surface area contributed by atoms with Gasteiger partial charge in [-0.05, 0) is 26.7 Å². The van der Waals surface area contributed by atoms with Crippen LogP contribution in [0.5, 0.6) is 0 Å². The SMILES string of the molecule is CCC(C)OCC(O)CN(CC(O)COC(C)CC)C(=S)[S-].[Na+]. The predicted molar refractivity (Wildman–Crippen MR) is 95.0 cm³/mol. The van der Waals surface area contributed by atoms with Gasteiger partial charge in [0, 0.05) is 13.1 Å².